The lowest BCUT2D eigenvalue weighted by atomic mass is 10.1. The van der Waals surface area contributed by atoms with E-state index in [9.17, 15) is 18.5 Å². The fourth-order valence-electron chi connectivity index (χ4n) is 2.41. The number of carbonyl (C=O) groups excluding carboxylic acids is 1. The van der Waals surface area contributed by atoms with Gasteiger partial charge in [0.05, 0.1) is 12.3 Å². The molecular weight excluding hydrogens is 459 g/mol. The summed E-state index contributed by atoms with van der Waals surface area (Å²) in [4.78, 5) is 12.6. The molecule has 0 spiro atoms. The molecule has 14 heteroatoms. The summed E-state index contributed by atoms with van der Waals surface area (Å²) in [6, 6.07) is 4.54. The molecule has 1 rings (SSSR count). The first-order valence-corrected chi connectivity index (χ1v) is 13.7. The highest BCUT2D eigenvalue weighted by Crippen LogP contribution is 2.52. The molecule has 0 aromatic heterocycles. The summed E-state index contributed by atoms with van der Waals surface area (Å²) >= 11 is 0. The summed E-state index contributed by atoms with van der Waals surface area (Å²) in [6.07, 6.45) is -0.623. The van der Waals surface area contributed by atoms with E-state index in [2.05, 4.69) is 5.32 Å². The first-order valence-electron chi connectivity index (χ1n) is 8.54. The highest BCUT2D eigenvalue weighted by Gasteiger charge is 2.27. The molecule has 0 unspecified atom stereocenters. The number of rotatable bonds is 13. The van der Waals surface area contributed by atoms with Crippen LogP contribution in [0.1, 0.15) is 21.5 Å². The summed E-state index contributed by atoms with van der Waals surface area (Å²) in [7, 11) is -2.94. The second-order valence-electron chi connectivity index (χ2n) is 5.95. The highest BCUT2D eigenvalue weighted by atomic mass is 31.2. The van der Waals surface area contributed by atoms with Gasteiger partial charge >= 0.3 is 22.8 Å². The number of benzene rings is 1. The van der Waals surface area contributed by atoms with Gasteiger partial charge in [0.1, 0.15) is 6.29 Å². The first-order chi connectivity index (χ1) is 14.0. The van der Waals surface area contributed by atoms with E-state index >= 15 is 0 Å². The summed E-state index contributed by atoms with van der Waals surface area (Å²) < 4.78 is 66.6. The van der Waals surface area contributed by atoms with Crippen LogP contribution in [0.5, 0.6) is 0 Å². The molecule has 11 nitrogen and oxygen atoms in total. The van der Waals surface area contributed by atoms with E-state index in [0.717, 1.165) is 0 Å². The number of nitrogens with one attached hydrogen (secondary N) is 1. The molecule has 172 valence electrons. The fourth-order valence-corrected chi connectivity index (χ4v) is 5.22. The molecule has 1 aromatic rings. The number of carbonyl (C=O) groups is 1. The zero-order chi connectivity index (χ0) is 23.0. The second kappa shape index (κ2) is 11.7. The minimum atomic E-state index is -3.47. The maximum absolute atomic E-state index is 12.6. The quantitative estimate of drug-likeness (QED) is 0.409. The number of hydrogen-bond donors (Lipinski definition) is 1. The van der Waals surface area contributed by atoms with Gasteiger partial charge < -0.3 is 32.5 Å². The molecule has 0 radical (unpaired) electrons. The molecule has 1 amide bonds. The minimum absolute atomic E-state index is 0.132. The third-order valence-electron chi connectivity index (χ3n) is 4.17. The van der Waals surface area contributed by atoms with Crippen LogP contribution in [0.3, 0.4) is 0 Å². The Balaban J connectivity index is 3.29. The molecule has 0 bridgehead atoms. The van der Waals surface area contributed by atoms with Crippen molar-refractivity contribution in [1.82, 2.24) is 5.32 Å². The SMILES string of the molecule is COP(=O)(CNC(=O)c1cc(CP(=O)(OC)OC)cc(CP(=O)(OC)OC)c1)OC. The molecule has 0 fully saturated rings. The van der Waals surface area contributed by atoms with Crippen molar-refractivity contribution in [3.8, 4) is 0 Å². The van der Waals surface area contributed by atoms with Crippen LogP contribution in [-0.2, 0) is 53.2 Å². The zero-order valence-corrected chi connectivity index (χ0v) is 20.5. The minimum Gasteiger partial charge on any atom is -0.340 e. The molecule has 0 aliphatic carbocycles. The molecule has 0 saturated heterocycles. The Bertz CT molecular complexity index is 805. The van der Waals surface area contributed by atoms with Gasteiger partial charge in [-0.15, -0.1) is 0 Å². The number of amides is 1. The van der Waals surface area contributed by atoms with E-state index in [4.69, 9.17) is 27.1 Å². The molecule has 1 aromatic carbocycles. The van der Waals surface area contributed by atoms with Crippen LogP contribution in [0.25, 0.3) is 0 Å². The maximum Gasteiger partial charge on any atom is 0.349 e. The Morgan fingerprint density at radius 3 is 1.40 bits per heavy atom. The zero-order valence-electron chi connectivity index (χ0n) is 17.8. The molecular formula is C16H28NO10P3. The van der Waals surface area contributed by atoms with Gasteiger partial charge in [-0.2, -0.15) is 0 Å². The summed E-state index contributed by atoms with van der Waals surface area (Å²) in [5.74, 6) is -0.596. The van der Waals surface area contributed by atoms with Crippen molar-refractivity contribution in [2.45, 2.75) is 12.3 Å². The molecule has 1 N–H and O–H groups in total. The molecule has 0 aliphatic heterocycles. The normalized spacial score (nSPS) is 12.7. The van der Waals surface area contributed by atoms with E-state index < -0.39 is 28.7 Å². The van der Waals surface area contributed by atoms with Gasteiger partial charge in [0.2, 0.25) is 0 Å². The average molecular weight is 487 g/mol. The summed E-state index contributed by atoms with van der Waals surface area (Å²) in [5.41, 5.74) is 1.01. The lowest BCUT2D eigenvalue weighted by Crippen LogP contribution is -2.25. The lowest BCUT2D eigenvalue weighted by molar-refractivity contribution is 0.0955. The molecule has 0 heterocycles. The van der Waals surface area contributed by atoms with Crippen LogP contribution in [0.4, 0.5) is 0 Å². The third kappa shape index (κ3) is 7.68. The Morgan fingerprint density at radius 1 is 0.700 bits per heavy atom. The Hall–Kier alpha value is -0.860. The predicted octanol–water partition coefficient (Wildman–Crippen LogP) is 3.83. The predicted molar refractivity (Wildman–Crippen MR) is 111 cm³/mol. The summed E-state index contributed by atoms with van der Waals surface area (Å²) in [5, 5.41) is 2.46. The van der Waals surface area contributed by atoms with Crippen LogP contribution in [0, 0.1) is 0 Å². The van der Waals surface area contributed by atoms with Crippen LogP contribution in [0.15, 0.2) is 18.2 Å². The van der Waals surface area contributed by atoms with Crippen molar-refractivity contribution in [3.05, 3.63) is 34.9 Å². The van der Waals surface area contributed by atoms with Crippen molar-refractivity contribution in [2.75, 3.05) is 48.9 Å². The van der Waals surface area contributed by atoms with Crippen LogP contribution < -0.4 is 5.32 Å². The lowest BCUT2D eigenvalue weighted by Gasteiger charge is -2.18. The van der Waals surface area contributed by atoms with Gasteiger partial charge in [-0.3, -0.25) is 18.5 Å². The Labute approximate surface area is 176 Å². The van der Waals surface area contributed by atoms with E-state index in [1.165, 1.54) is 54.8 Å². The van der Waals surface area contributed by atoms with Crippen molar-refractivity contribution < 1.29 is 45.6 Å². The second-order valence-corrected chi connectivity index (χ2v) is 12.8. The van der Waals surface area contributed by atoms with E-state index in [-0.39, 0.29) is 24.2 Å². The molecule has 0 atom stereocenters. The van der Waals surface area contributed by atoms with Gasteiger partial charge in [0.15, 0.2) is 0 Å². The molecule has 30 heavy (non-hydrogen) atoms. The smallest absolute Gasteiger partial charge is 0.340 e. The number of hydrogen-bond acceptors (Lipinski definition) is 10. The maximum atomic E-state index is 12.6. The van der Waals surface area contributed by atoms with Crippen LogP contribution >= 0.6 is 22.8 Å². The average Bonchev–Trinajstić information content (AvgIpc) is 2.76. The Morgan fingerprint density at radius 2 is 1.07 bits per heavy atom. The van der Waals surface area contributed by atoms with Gasteiger partial charge in [-0.05, 0) is 23.3 Å². The monoisotopic (exact) mass is 487 g/mol. The van der Waals surface area contributed by atoms with E-state index in [0.29, 0.717) is 11.1 Å². The van der Waals surface area contributed by atoms with Gasteiger partial charge in [0, 0.05) is 48.2 Å². The van der Waals surface area contributed by atoms with Gasteiger partial charge in [-0.25, -0.2) is 0 Å². The van der Waals surface area contributed by atoms with Crippen LogP contribution in [-0.4, -0.2) is 54.9 Å². The van der Waals surface area contributed by atoms with Crippen molar-refractivity contribution >= 4 is 28.7 Å². The molecule has 0 aliphatic rings. The van der Waals surface area contributed by atoms with Gasteiger partial charge in [-0.1, -0.05) is 6.07 Å². The largest absolute Gasteiger partial charge is 0.349 e. The van der Waals surface area contributed by atoms with Crippen molar-refractivity contribution in [3.63, 3.8) is 0 Å². The van der Waals surface area contributed by atoms with E-state index in [1.807, 2.05) is 0 Å². The third-order valence-corrected chi connectivity index (χ3v) is 9.56. The first kappa shape index (κ1) is 27.2. The van der Waals surface area contributed by atoms with E-state index in [1.54, 1.807) is 6.07 Å². The van der Waals surface area contributed by atoms with Crippen LogP contribution in [0.2, 0.25) is 0 Å². The summed E-state index contributed by atoms with van der Waals surface area (Å²) in [6.45, 7) is 0. The molecule has 0 saturated carbocycles. The fraction of sp³-hybridized carbons (Fsp3) is 0.562. The Kier molecular flexibility index (Phi) is 10.6. The van der Waals surface area contributed by atoms with Gasteiger partial charge in [0.25, 0.3) is 5.91 Å². The van der Waals surface area contributed by atoms with Crippen molar-refractivity contribution in [2.24, 2.45) is 0 Å². The van der Waals surface area contributed by atoms with Crippen molar-refractivity contribution in [1.29, 1.82) is 0 Å². The standard InChI is InChI=1S/C16H28NO10P3/c1-22-28(19,23-2)10-13-7-14(11-29(20,24-3)25-4)9-15(8-13)16(18)17-12-30(21,26-5)27-6/h7-9H,10-12H2,1-6H3,(H,17,18). The highest BCUT2D eigenvalue weighted by molar-refractivity contribution is 7.54. The topological polar surface area (TPSA) is 136 Å².